The Labute approximate surface area is 209 Å². The van der Waals surface area contributed by atoms with Gasteiger partial charge in [0, 0.05) is 43.8 Å². The van der Waals surface area contributed by atoms with Crippen LogP contribution < -0.4 is 4.90 Å². The van der Waals surface area contributed by atoms with E-state index in [2.05, 4.69) is 20.9 Å². The van der Waals surface area contributed by atoms with Crippen LogP contribution in [0.2, 0.25) is 5.02 Å². The van der Waals surface area contributed by atoms with Gasteiger partial charge in [-0.25, -0.2) is 9.99 Å². The van der Waals surface area contributed by atoms with Gasteiger partial charge in [0.05, 0.1) is 29.6 Å². The van der Waals surface area contributed by atoms with E-state index in [1.54, 1.807) is 29.6 Å². The van der Waals surface area contributed by atoms with Crippen LogP contribution in [0.5, 0.6) is 0 Å². The van der Waals surface area contributed by atoms with Crippen molar-refractivity contribution in [1.29, 1.82) is 5.26 Å². The number of benzene rings is 1. The van der Waals surface area contributed by atoms with Gasteiger partial charge in [-0.3, -0.25) is 9.69 Å². The fraction of sp³-hybridized carbons (Fsp3) is 0.308. The van der Waals surface area contributed by atoms with Crippen molar-refractivity contribution in [2.75, 3.05) is 31.1 Å². The molecule has 2 aliphatic heterocycles. The molecule has 2 aromatic heterocycles. The van der Waals surface area contributed by atoms with Crippen LogP contribution in [0.15, 0.2) is 70.5 Å². The highest BCUT2D eigenvalue weighted by Gasteiger charge is 2.38. The molecule has 9 heteroatoms. The summed E-state index contributed by atoms with van der Waals surface area (Å²) in [7, 11) is 0. The summed E-state index contributed by atoms with van der Waals surface area (Å²) in [5, 5.41) is 16.1. The largest absolute Gasteiger partial charge is 0.467 e. The number of rotatable bonds is 5. The van der Waals surface area contributed by atoms with E-state index in [0.717, 1.165) is 30.2 Å². The van der Waals surface area contributed by atoms with E-state index in [0.29, 0.717) is 35.9 Å². The van der Waals surface area contributed by atoms with Gasteiger partial charge < -0.3 is 9.32 Å². The number of pyridine rings is 1. The molecule has 2 unspecified atom stereocenters. The van der Waals surface area contributed by atoms with Crippen molar-refractivity contribution in [1.82, 2.24) is 14.9 Å². The first kappa shape index (κ1) is 23.1. The number of amides is 1. The highest BCUT2D eigenvalue weighted by molar-refractivity contribution is 6.30. The lowest BCUT2D eigenvalue weighted by molar-refractivity contribution is -0.138. The van der Waals surface area contributed by atoms with Crippen LogP contribution >= 0.6 is 11.6 Å². The Morgan fingerprint density at radius 2 is 1.94 bits per heavy atom. The summed E-state index contributed by atoms with van der Waals surface area (Å²) in [5.41, 5.74) is 2.36. The van der Waals surface area contributed by atoms with E-state index in [1.807, 2.05) is 43.3 Å². The quantitative estimate of drug-likeness (QED) is 0.537. The third-order valence-corrected chi connectivity index (χ3v) is 6.86. The lowest BCUT2D eigenvalue weighted by Gasteiger charge is -2.39. The number of halogens is 1. The molecule has 1 saturated heterocycles. The Bertz CT molecular complexity index is 1260. The van der Waals surface area contributed by atoms with E-state index in [9.17, 15) is 4.79 Å². The van der Waals surface area contributed by atoms with E-state index < -0.39 is 0 Å². The molecule has 3 aromatic rings. The third kappa shape index (κ3) is 4.78. The highest BCUT2D eigenvalue weighted by atomic mass is 35.5. The summed E-state index contributed by atoms with van der Waals surface area (Å²) in [4.78, 5) is 22.4. The number of hydrogen-bond donors (Lipinski definition) is 0. The van der Waals surface area contributed by atoms with Crippen molar-refractivity contribution in [3.05, 3.63) is 82.9 Å². The molecule has 1 fully saturated rings. The van der Waals surface area contributed by atoms with Crippen molar-refractivity contribution in [3.63, 3.8) is 0 Å². The van der Waals surface area contributed by atoms with Crippen LogP contribution in [0.1, 0.15) is 36.3 Å². The lowest BCUT2D eigenvalue weighted by atomic mass is 10.0. The number of nitriles is 1. The molecule has 35 heavy (non-hydrogen) atoms. The number of nitrogens with zero attached hydrogens (tertiary/aromatic N) is 6. The van der Waals surface area contributed by atoms with Gasteiger partial charge in [-0.2, -0.15) is 10.4 Å². The maximum atomic E-state index is 13.7. The van der Waals surface area contributed by atoms with Crippen molar-refractivity contribution < 1.29 is 9.21 Å². The fourth-order valence-corrected chi connectivity index (χ4v) is 4.71. The molecule has 8 nitrogen and oxygen atoms in total. The number of hydrogen-bond acceptors (Lipinski definition) is 7. The molecule has 178 valence electrons. The summed E-state index contributed by atoms with van der Waals surface area (Å²) < 4.78 is 5.67. The predicted octanol–water partition coefficient (Wildman–Crippen LogP) is 4.09. The van der Waals surface area contributed by atoms with Crippen molar-refractivity contribution in [3.8, 4) is 6.07 Å². The Balaban J connectivity index is 1.31. The summed E-state index contributed by atoms with van der Waals surface area (Å²) in [6, 6.07) is 16.2. The monoisotopic (exact) mass is 488 g/mol. The van der Waals surface area contributed by atoms with Gasteiger partial charge in [0.25, 0.3) is 5.91 Å². The van der Waals surface area contributed by atoms with Crippen molar-refractivity contribution in [2.24, 2.45) is 5.10 Å². The average Bonchev–Trinajstić information content (AvgIpc) is 3.59. The van der Waals surface area contributed by atoms with Gasteiger partial charge in [0.1, 0.15) is 17.6 Å². The Hall–Kier alpha value is -3.67. The number of aromatic nitrogens is 1. The first-order valence-corrected chi connectivity index (χ1v) is 12.0. The molecule has 0 bridgehead atoms. The molecule has 5 rings (SSSR count). The molecular weight excluding hydrogens is 464 g/mol. The number of anilines is 1. The van der Waals surface area contributed by atoms with Gasteiger partial charge in [-0.15, -0.1) is 0 Å². The molecule has 2 atom stereocenters. The first-order chi connectivity index (χ1) is 17.0. The zero-order valence-corrected chi connectivity index (χ0v) is 20.1. The van der Waals surface area contributed by atoms with Crippen LogP contribution in [0, 0.1) is 11.3 Å². The zero-order chi connectivity index (χ0) is 24.4. The molecule has 0 aliphatic carbocycles. The molecule has 1 aromatic carbocycles. The predicted molar refractivity (Wildman–Crippen MR) is 133 cm³/mol. The van der Waals surface area contributed by atoms with Crippen molar-refractivity contribution in [2.45, 2.75) is 25.4 Å². The molecule has 0 saturated carbocycles. The van der Waals surface area contributed by atoms with Crippen LogP contribution in [0.4, 0.5) is 5.82 Å². The molecule has 0 spiro atoms. The van der Waals surface area contributed by atoms with E-state index in [1.165, 1.54) is 0 Å². The zero-order valence-electron chi connectivity index (χ0n) is 19.3. The Kier molecular flexibility index (Phi) is 6.53. The lowest BCUT2D eigenvalue weighted by Crippen LogP contribution is -2.54. The number of carbonyl (C=O) groups is 1. The molecule has 0 radical (unpaired) electrons. The van der Waals surface area contributed by atoms with Crippen molar-refractivity contribution >= 4 is 29.0 Å². The Morgan fingerprint density at radius 3 is 2.63 bits per heavy atom. The molecule has 4 heterocycles. The standard InChI is InChI=1S/C26H25ClN6O2/c1-18(31-10-12-32(13-11-31)25-15-19(17-28)8-9-29-25)26(34)33-23(24-3-2-14-35-24)16-22(30-33)20-4-6-21(27)7-5-20/h2-9,14-15,18,23H,10-13,16H2,1H3. The van der Waals surface area contributed by atoms with Gasteiger partial charge >= 0.3 is 0 Å². The second-order valence-corrected chi connectivity index (χ2v) is 9.12. The number of piperazine rings is 1. The second-order valence-electron chi connectivity index (χ2n) is 8.69. The summed E-state index contributed by atoms with van der Waals surface area (Å²) in [6.45, 7) is 4.79. The molecule has 1 amide bonds. The highest BCUT2D eigenvalue weighted by Crippen LogP contribution is 2.34. The maximum absolute atomic E-state index is 13.7. The first-order valence-electron chi connectivity index (χ1n) is 11.6. The normalized spacial score (nSPS) is 19.3. The van der Waals surface area contributed by atoms with Gasteiger partial charge in [-0.05, 0) is 48.9 Å². The fourth-order valence-electron chi connectivity index (χ4n) is 4.58. The van der Waals surface area contributed by atoms with Crippen LogP contribution in [-0.2, 0) is 4.79 Å². The van der Waals surface area contributed by atoms with Crippen LogP contribution in [-0.4, -0.2) is 58.7 Å². The van der Waals surface area contributed by atoms with Crippen LogP contribution in [0.25, 0.3) is 0 Å². The van der Waals surface area contributed by atoms with E-state index in [4.69, 9.17) is 26.4 Å². The average molecular weight is 489 g/mol. The molecule has 2 aliphatic rings. The topological polar surface area (TPSA) is 89.0 Å². The smallest absolute Gasteiger partial charge is 0.260 e. The number of furan rings is 1. The minimum Gasteiger partial charge on any atom is -0.467 e. The third-order valence-electron chi connectivity index (χ3n) is 6.60. The SMILES string of the molecule is CC(C(=O)N1N=C(c2ccc(Cl)cc2)CC1c1ccco1)N1CCN(c2cc(C#N)ccn2)CC1. The summed E-state index contributed by atoms with van der Waals surface area (Å²) in [5.74, 6) is 1.44. The van der Waals surface area contributed by atoms with E-state index in [-0.39, 0.29) is 18.0 Å². The Morgan fingerprint density at radius 1 is 1.17 bits per heavy atom. The van der Waals surface area contributed by atoms with E-state index >= 15 is 0 Å². The van der Waals surface area contributed by atoms with Gasteiger partial charge in [0.2, 0.25) is 0 Å². The maximum Gasteiger partial charge on any atom is 0.260 e. The van der Waals surface area contributed by atoms with Gasteiger partial charge in [-0.1, -0.05) is 23.7 Å². The number of carbonyl (C=O) groups excluding carboxylic acids is 1. The number of hydrazone groups is 1. The summed E-state index contributed by atoms with van der Waals surface area (Å²) in [6.07, 6.45) is 3.85. The van der Waals surface area contributed by atoms with Crippen LogP contribution in [0.3, 0.4) is 0 Å². The van der Waals surface area contributed by atoms with Gasteiger partial charge in [0.15, 0.2) is 0 Å². The summed E-state index contributed by atoms with van der Waals surface area (Å²) >= 11 is 6.05. The minimum atomic E-state index is -0.346. The second kappa shape index (κ2) is 9.90. The molecule has 0 N–H and O–H groups in total. The molecular formula is C26H25ClN6O2. The minimum absolute atomic E-state index is 0.0617.